The summed E-state index contributed by atoms with van der Waals surface area (Å²) in [6, 6.07) is 32.5. The summed E-state index contributed by atoms with van der Waals surface area (Å²) in [4.78, 5) is 5.08. The van der Waals surface area contributed by atoms with E-state index in [1.54, 1.807) is 0 Å². The number of pyridine rings is 1. The van der Waals surface area contributed by atoms with Crippen molar-refractivity contribution in [3.63, 3.8) is 0 Å². The van der Waals surface area contributed by atoms with Crippen molar-refractivity contribution in [2.75, 3.05) is 0 Å². The van der Waals surface area contributed by atoms with Crippen LogP contribution in [0.4, 0.5) is 5.69 Å². The van der Waals surface area contributed by atoms with Crippen LogP contribution in [0, 0.1) is 27.8 Å². The van der Waals surface area contributed by atoms with Gasteiger partial charge in [-0.25, -0.2) is 0 Å². The van der Waals surface area contributed by atoms with Crippen LogP contribution in [0.25, 0.3) is 16.6 Å². The van der Waals surface area contributed by atoms with E-state index in [1.165, 1.54) is 22.3 Å². The fourth-order valence-electron chi connectivity index (χ4n) is 4.33. The minimum Gasteiger partial charge on any atom is -0.673 e. The molecule has 3 heteroatoms. The molecule has 0 saturated heterocycles. The number of aromatic nitrogens is 1. The van der Waals surface area contributed by atoms with E-state index in [1.807, 2.05) is 18.2 Å². The van der Waals surface area contributed by atoms with Gasteiger partial charge in [0.1, 0.15) is 0 Å². The third kappa shape index (κ3) is 7.26. The van der Waals surface area contributed by atoms with Crippen molar-refractivity contribution < 1.29 is 25.8 Å². The maximum absolute atomic E-state index is 5.46. The van der Waals surface area contributed by atoms with Crippen molar-refractivity contribution in [1.29, 1.82) is 0 Å². The largest absolute Gasteiger partial charge is 4.00 e. The van der Waals surface area contributed by atoms with Gasteiger partial charge in [-0.2, -0.15) is 0 Å². The molecule has 4 aromatic rings. The van der Waals surface area contributed by atoms with Crippen LogP contribution in [-0.2, 0) is 32.3 Å². The Bertz CT molecular complexity index is 1200. The third-order valence-corrected chi connectivity index (χ3v) is 6.07. The third-order valence-electron chi connectivity index (χ3n) is 6.07. The molecule has 184 valence electrons. The number of nitrogens with zero attached hydrogens (tertiary/aromatic N) is 2. The molecule has 1 aromatic heterocycles. The Balaban J connectivity index is 0.00000216. The number of rotatable bonds is 8. The molecule has 0 saturated carbocycles. The summed E-state index contributed by atoms with van der Waals surface area (Å²) in [6.45, 7) is 8.88. The summed E-state index contributed by atoms with van der Waals surface area (Å²) in [5.41, 5.74) is 9.04. The van der Waals surface area contributed by atoms with Gasteiger partial charge in [-0.15, -0.1) is 41.6 Å². The van der Waals surface area contributed by atoms with E-state index in [0.29, 0.717) is 5.92 Å². The summed E-state index contributed by atoms with van der Waals surface area (Å²) in [5.74, 6) is 0.399. The molecule has 4 rings (SSSR count). The van der Waals surface area contributed by atoms with Gasteiger partial charge in [0.25, 0.3) is 0 Å². The fourth-order valence-corrected chi connectivity index (χ4v) is 4.33. The monoisotopic (exact) mass is 642 g/mol. The summed E-state index contributed by atoms with van der Waals surface area (Å²) >= 11 is 0. The van der Waals surface area contributed by atoms with E-state index in [9.17, 15) is 0 Å². The van der Waals surface area contributed by atoms with Gasteiger partial charge in [-0.3, -0.25) is 0 Å². The first-order valence-corrected chi connectivity index (χ1v) is 11.9. The predicted octanol–water partition coefficient (Wildman–Crippen LogP) is 9.63. The van der Waals surface area contributed by atoms with Gasteiger partial charge >= 0.3 is 25.8 Å². The van der Waals surface area contributed by atoms with Gasteiger partial charge in [0, 0.05) is 5.69 Å². The maximum atomic E-state index is 5.46. The van der Waals surface area contributed by atoms with Gasteiger partial charge in [0.05, 0.1) is 0 Å². The van der Waals surface area contributed by atoms with Gasteiger partial charge in [0.2, 0.25) is 0 Å². The molecule has 0 amide bonds. The number of aryl methyl sites for hydroxylation is 2. The molecule has 2 nitrogen and oxygen atoms in total. The first-order chi connectivity index (χ1) is 16.1. The van der Waals surface area contributed by atoms with E-state index in [0.717, 1.165) is 35.5 Å². The average Bonchev–Trinajstić information content (AvgIpc) is 2.84. The number of para-hydroxylation sites is 1. The molecule has 1 unspecified atom stereocenters. The Morgan fingerprint density at radius 2 is 1.53 bits per heavy atom. The first-order valence-electron chi connectivity index (χ1n) is 11.9. The first kappa shape index (κ1) is 31.5. The Labute approximate surface area is 238 Å². The molecule has 0 bridgehead atoms. The van der Waals surface area contributed by atoms with Crippen molar-refractivity contribution in [2.24, 2.45) is 0 Å². The van der Waals surface area contributed by atoms with Crippen LogP contribution < -0.4 is 0 Å². The number of hydrogen-bond donors (Lipinski definition) is 0. The molecule has 3 aromatic carbocycles. The molecular formula is C33H38HfN2. The molecule has 1 atom stereocenters. The van der Waals surface area contributed by atoms with Crippen molar-refractivity contribution in [1.82, 2.24) is 4.98 Å². The molecule has 0 radical (unpaired) electrons. The van der Waals surface area contributed by atoms with Crippen molar-refractivity contribution in [3.05, 3.63) is 139 Å². The Kier molecular flexibility index (Phi) is 13.0. The van der Waals surface area contributed by atoms with Crippen LogP contribution in [0.2, 0.25) is 0 Å². The van der Waals surface area contributed by atoms with Crippen LogP contribution in [0.5, 0.6) is 0 Å². The summed E-state index contributed by atoms with van der Waals surface area (Å²) in [6.07, 6.45) is 2.11. The molecule has 0 spiro atoms. The van der Waals surface area contributed by atoms with Gasteiger partial charge in [-0.05, 0) is 42.6 Å². The van der Waals surface area contributed by atoms with Crippen LogP contribution in [0.1, 0.15) is 67.1 Å². The predicted molar refractivity (Wildman–Crippen MR) is 152 cm³/mol. The Morgan fingerprint density at radius 3 is 2.19 bits per heavy atom. The molecule has 0 N–H and O–H groups in total. The van der Waals surface area contributed by atoms with Gasteiger partial charge in [0.15, 0.2) is 0 Å². The SMILES string of the molecule is CCCc1cccc(C(C)C)c1[N-]C(c1cccc(-c2[c-]cccc2)n1)c1ccccc1C.[CH3-].[CH3-].[Hf+4]. The van der Waals surface area contributed by atoms with Gasteiger partial charge in [-0.1, -0.05) is 98.5 Å². The van der Waals surface area contributed by atoms with E-state index in [-0.39, 0.29) is 46.7 Å². The van der Waals surface area contributed by atoms with Crippen LogP contribution in [0.15, 0.2) is 84.9 Å². The van der Waals surface area contributed by atoms with E-state index >= 15 is 0 Å². The molecule has 0 aliphatic rings. The second kappa shape index (κ2) is 14.9. The molecule has 36 heavy (non-hydrogen) atoms. The van der Waals surface area contributed by atoms with Gasteiger partial charge < -0.3 is 25.2 Å². The fraction of sp³-hybridized carbons (Fsp3) is 0.242. The zero-order valence-corrected chi connectivity index (χ0v) is 26.1. The quantitative estimate of drug-likeness (QED) is 0.139. The van der Waals surface area contributed by atoms with E-state index < -0.39 is 0 Å². The summed E-state index contributed by atoms with van der Waals surface area (Å²) in [5, 5.41) is 5.46. The molecule has 0 aliphatic carbocycles. The summed E-state index contributed by atoms with van der Waals surface area (Å²) in [7, 11) is 0. The number of hydrogen-bond acceptors (Lipinski definition) is 1. The zero-order chi connectivity index (χ0) is 23.2. The molecule has 0 fully saturated rings. The van der Waals surface area contributed by atoms with E-state index in [4.69, 9.17) is 10.3 Å². The van der Waals surface area contributed by atoms with Crippen molar-refractivity contribution >= 4 is 5.69 Å². The average molecular weight is 641 g/mol. The Hall–Kier alpha value is -2.52. The normalized spacial score (nSPS) is 11.0. The van der Waals surface area contributed by atoms with Crippen LogP contribution >= 0.6 is 0 Å². The van der Waals surface area contributed by atoms with E-state index in [2.05, 4.69) is 100 Å². The minimum absolute atomic E-state index is 0. The second-order valence-electron chi connectivity index (χ2n) is 8.87. The van der Waals surface area contributed by atoms with Crippen LogP contribution in [0.3, 0.4) is 0 Å². The maximum Gasteiger partial charge on any atom is 4.00 e. The van der Waals surface area contributed by atoms with Crippen LogP contribution in [-0.4, -0.2) is 4.98 Å². The smallest absolute Gasteiger partial charge is 0.673 e. The second-order valence-corrected chi connectivity index (χ2v) is 8.87. The van der Waals surface area contributed by atoms with Crippen molar-refractivity contribution in [2.45, 2.75) is 52.5 Å². The number of benzene rings is 3. The summed E-state index contributed by atoms with van der Waals surface area (Å²) < 4.78 is 0. The standard InChI is InChI=1S/C31H32N2.2CH3.Hf/c1-5-13-25-17-11-19-26(22(2)3)30(25)33-31(27-18-10-9-14-23(27)4)29-21-12-20-28(32-29)24-15-7-6-8-16-24;;;/h6-12,14-15,17-22,31H,5,13H2,1-4H3;2*1H3;/q-2;2*-1;+4. The molecular weight excluding hydrogens is 603 g/mol. The molecule has 0 aliphatic heterocycles. The van der Waals surface area contributed by atoms with Crippen molar-refractivity contribution in [3.8, 4) is 11.3 Å². The zero-order valence-electron chi connectivity index (χ0n) is 22.5. The molecule has 1 heterocycles. The Morgan fingerprint density at radius 1 is 0.833 bits per heavy atom. The minimum atomic E-state index is -0.176. The topological polar surface area (TPSA) is 27.0 Å².